The van der Waals surface area contributed by atoms with Gasteiger partial charge in [0.1, 0.15) is 22.3 Å². The van der Waals surface area contributed by atoms with Crippen molar-refractivity contribution in [2.75, 3.05) is 4.90 Å². The first-order valence-corrected chi connectivity index (χ1v) is 25.3. The molecule has 13 aromatic rings. The maximum atomic E-state index is 6.22. The van der Waals surface area contributed by atoms with Crippen LogP contribution >= 0.6 is 0 Å². The topological polar surface area (TPSA) is 29.5 Å². The lowest BCUT2D eigenvalue weighted by Crippen LogP contribution is -2.28. The summed E-state index contributed by atoms with van der Waals surface area (Å²) in [5.74, 6) is 0. The third-order valence-corrected chi connectivity index (χ3v) is 16.2. The van der Waals surface area contributed by atoms with E-state index in [0.29, 0.717) is 0 Å². The van der Waals surface area contributed by atoms with Crippen LogP contribution < -0.4 is 4.90 Å². The molecular weight excluding hydrogens is 887 g/mol. The van der Waals surface area contributed by atoms with E-state index in [1.54, 1.807) is 0 Å². The molecule has 15 rings (SSSR count). The summed E-state index contributed by atoms with van der Waals surface area (Å²) in [5.41, 5.74) is 23.7. The van der Waals surface area contributed by atoms with E-state index in [1.165, 1.54) is 66.8 Å². The monoisotopic (exact) mass is 933 g/mol. The molecule has 3 nitrogen and oxygen atoms in total. The lowest BCUT2D eigenvalue weighted by atomic mass is 9.68. The van der Waals surface area contributed by atoms with Crippen LogP contribution in [0.5, 0.6) is 0 Å². The predicted octanol–water partition coefficient (Wildman–Crippen LogP) is 19.0. The normalized spacial score (nSPS) is 13.8. The molecule has 3 heteroatoms. The van der Waals surface area contributed by atoms with Gasteiger partial charge in [0.15, 0.2) is 0 Å². The molecule has 0 aliphatic heterocycles. The molecule has 0 fully saturated rings. The fraction of sp³-hybridized carbons (Fsp3) is 0.0571. The van der Waals surface area contributed by atoms with Crippen molar-refractivity contribution in [1.82, 2.24) is 0 Å². The van der Waals surface area contributed by atoms with Crippen molar-refractivity contribution in [3.05, 3.63) is 282 Å². The largest absolute Gasteiger partial charge is 0.456 e. The summed E-state index contributed by atoms with van der Waals surface area (Å²) in [6.07, 6.45) is 0. The number of furan rings is 2. The van der Waals surface area contributed by atoms with E-state index in [9.17, 15) is 0 Å². The number of hydrogen-bond acceptors (Lipinski definition) is 3. The van der Waals surface area contributed by atoms with E-state index in [0.717, 1.165) is 72.1 Å². The van der Waals surface area contributed by atoms with Gasteiger partial charge >= 0.3 is 0 Å². The van der Waals surface area contributed by atoms with E-state index < -0.39 is 5.41 Å². The molecule has 2 aromatic heterocycles. The first-order valence-electron chi connectivity index (χ1n) is 25.3. The highest BCUT2D eigenvalue weighted by Gasteiger charge is 2.46. The van der Waals surface area contributed by atoms with Crippen LogP contribution in [0.2, 0.25) is 0 Å². The highest BCUT2D eigenvalue weighted by Crippen LogP contribution is 2.58. The molecule has 11 aromatic carbocycles. The SMILES string of the molecule is CC1(C)c2cc(-c3ccc4oc5ccccc5c4c3)ccc2-c2ccc(N(c3ccc(-c4ccc5oc6ccccc6c5c4)cc3)c3ccc4c(c3)-c3ccccc3C4(c3ccccc3)c3ccccc3)cc21. The van der Waals surface area contributed by atoms with Gasteiger partial charge in [-0.3, -0.25) is 0 Å². The lowest BCUT2D eigenvalue weighted by Gasteiger charge is -2.34. The number of para-hydroxylation sites is 2. The maximum absolute atomic E-state index is 6.22. The molecule has 0 atom stereocenters. The number of benzene rings is 11. The van der Waals surface area contributed by atoms with Gasteiger partial charge in [0.2, 0.25) is 0 Å². The minimum Gasteiger partial charge on any atom is -0.456 e. The molecule has 2 aliphatic carbocycles. The number of hydrogen-bond donors (Lipinski definition) is 0. The standard InChI is InChI=1S/C70H47NO2/c1-69(2)63-41-47(46-29-38-68-60(40-46)57-21-11-14-24-66(57)73-68)27-34-54(63)55-35-32-52(43-64(55)69)71(50-30-25-44(26-31-50)45-28-37-67-59(39-45)56-20-10-13-23-65(56)72-67)51-33-36-62-58(42-51)53-19-9-12-22-61(53)70(62,48-15-5-3-6-16-48)49-17-7-4-8-18-49/h3-43H,1-2H3. The molecule has 2 aliphatic rings. The number of rotatable bonds is 7. The smallest absolute Gasteiger partial charge is 0.135 e. The fourth-order valence-electron chi connectivity index (χ4n) is 12.7. The van der Waals surface area contributed by atoms with Gasteiger partial charge in [-0.1, -0.05) is 184 Å². The molecule has 0 radical (unpaired) electrons. The van der Waals surface area contributed by atoms with E-state index in [2.05, 4.69) is 243 Å². The summed E-state index contributed by atoms with van der Waals surface area (Å²) < 4.78 is 12.4. The van der Waals surface area contributed by atoms with Crippen LogP contribution in [-0.2, 0) is 10.8 Å². The van der Waals surface area contributed by atoms with Crippen LogP contribution in [0.15, 0.2) is 258 Å². The van der Waals surface area contributed by atoms with Gasteiger partial charge in [0.05, 0.1) is 5.41 Å². The summed E-state index contributed by atoms with van der Waals surface area (Å²) in [6, 6.07) is 91.3. The Morgan fingerprint density at radius 3 is 1.38 bits per heavy atom. The maximum Gasteiger partial charge on any atom is 0.135 e. The second-order valence-electron chi connectivity index (χ2n) is 20.4. The zero-order valence-corrected chi connectivity index (χ0v) is 40.4. The molecule has 0 amide bonds. The molecule has 0 N–H and O–H groups in total. The third kappa shape index (κ3) is 6.12. The lowest BCUT2D eigenvalue weighted by molar-refractivity contribution is 0.660. The molecule has 0 bridgehead atoms. The molecule has 0 saturated heterocycles. The van der Waals surface area contributed by atoms with Crippen molar-refractivity contribution in [3.8, 4) is 44.5 Å². The summed E-state index contributed by atoms with van der Waals surface area (Å²) in [4.78, 5) is 2.46. The third-order valence-electron chi connectivity index (χ3n) is 16.2. The summed E-state index contributed by atoms with van der Waals surface area (Å²) in [7, 11) is 0. The van der Waals surface area contributed by atoms with Crippen LogP contribution in [0.3, 0.4) is 0 Å². The van der Waals surface area contributed by atoms with Gasteiger partial charge in [-0.05, 0) is 157 Å². The average Bonchev–Trinajstić information content (AvgIpc) is 4.17. The molecule has 0 spiro atoms. The van der Waals surface area contributed by atoms with Gasteiger partial charge in [-0.25, -0.2) is 0 Å². The summed E-state index contributed by atoms with van der Waals surface area (Å²) in [6.45, 7) is 4.77. The first-order chi connectivity index (χ1) is 35.9. The Kier molecular flexibility index (Phi) is 8.92. The molecular formula is C70H47NO2. The van der Waals surface area contributed by atoms with Gasteiger partial charge in [-0.15, -0.1) is 0 Å². The van der Waals surface area contributed by atoms with E-state index >= 15 is 0 Å². The molecule has 0 saturated carbocycles. The summed E-state index contributed by atoms with van der Waals surface area (Å²) in [5, 5.41) is 4.54. The quantitative estimate of drug-likeness (QED) is 0.159. The second-order valence-corrected chi connectivity index (χ2v) is 20.4. The van der Waals surface area contributed by atoms with Crippen LogP contribution in [0.4, 0.5) is 17.1 Å². The minimum atomic E-state index is -0.485. The molecule has 2 heterocycles. The van der Waals surface area contributed by atoms with Crippen LogP contribution in [0.1, 0.15) is 47.2 Å². The molecule has 73 heavy (non-hydrogen) atoms. The van der Waals surface area contributed by atoms with Crippen molar-refractivity contribution in [3.63, 3.8) is 0 Å². The van der Waals surface area contributed by atoms with Gasteiger partial charge < -0.3 is 13.7 Å². The molecule has 0 unspecified atom stereocenters. The Bertz CT molecular complexity index is 4310. The molecule has 344 valence electrons. The van der Waals surface area contributed by atoms with Crippen molar-refractivity contribution in [1.29, 1.82) is 0 Å². The Balaban J connectivity index is 0.878. The Morgan fingerprint density at radius 1 is 0.288 bits per heavy atom. The zero-order valence-electron chi connectivity index (χ0n) is 40.4. The Hall–Kier alpha value is -9.18. The van der Waals surface area contributed by atoms with Crippen molar-refractivity contribution >= 4 is 60.9 Å². The van der Waals surface area contributed by atoms with Crippen molar-refractivity contribution < 1.29 is 8.83 Å². The fourth-order valence-corrected chi connectivity index (χ4v) is 12.7. The van der Waals surface area contributed by atoms with Gasteiger partial charge in [0.25, 0.3) is 0 Å². The van der Waals surface area contributed by atoms with Crippen LogP contribution in [0.25, 0.3) is 88.4 Å². The number of anilines is 3. The summed E-state index contributed by atoms with van der Waals surface area (Å²) >= 11 is 0. The first kappa shape index (κ1) is 41.6. The second kappa shape index (κ2) is 15.7. The zero-order chi connectivity index (χ0) is 48.4. The van der Waals surface area contributed by atoms with Crippen LogP contribution in [-0.4, -0.2) is 0 Å². The van der Waals surface area contributed by atoms with Gasteiger partial charge in [0, 0.05) is 44.0 Å². The predicted molar refractivity (Wildman–Crippen MR) is 301 cm³/mol. The van der Waals surface area contributed by atoms with Gasteiger partial charge in [-0.2, -0.15) is 0 Å². The van der Waals surface area contributed by atoms with E-state index in [4.69, 9.17) is 8.83 Å². The van der Waals surface area contributed by atoms with Crippen molar-refractivity contribution in [2.45, 2.75) is 24.7 Å². The highest BCUT2D eigenvalue weighted by molar-refractivity contribution is 6.07. The minimum absolute atomic E-state index is 0.267. The van der Waals surface area contributed by atoms with Crippen LogP contribution in [0, 0.1) is 0 Å². The van der Waals surface area contributed by atoms with E-state index in [1.807, 2.05) is 24.3 Å². The highest BCUT2D eigenvalue weighted by atomic mass is 16.3. The Morgan fingerprint density at radius 2 is 0.726 bits per heavy atom. The van der Waals surface area contributed by atoms with Crippen molar-refractivity contribution in [2.24, 2.45) is 0 Å². The number of nitrogens with zero attached hydrogens (tertiary/aromatic N) is 1. The Labute approximate surface area is 423 Å². The number of fused-ring (bicyclic) bond motifs is 12. The van der Waals surface area contributed by atoms with E-state index in [-0.39, 0.29) is 5.41 Å². The average molecular weight is 934 g/mol.